The third-order valence-electron chi connectivity index (χ3n) is 8.45. The van der Waals surface area contributed by atoms with Crippen molar-refractivity contribution in [2.45, 2.75) is 121 Å². The smallest absolute Gasteiger partial charge is 0.312 e. The van der Waals surface area contributed by atoms with Gasteiger partial charge in [-0.3, -0.25) is 9.79 Å². The zero-order valence-electron chi connectivity index (χ0n) is 23.8. The van der Waals surface area contributed by atoms with Gasteiger partial charge in [0, 0.05) is 12.3 Å². The molecule has 3 heterocycles. The molecule has 10 heteroatoms. The normalized spacial score (nSPS) is 27.6. The summed E-state index contributed by atoms with van der Waals surface area (Å²) in [7, 11) is -5.04. The average Bonchev–Trinajstić information content (AvgIpc) is 2.80. The lowest BCUT2D eigenvalue weighted by molar-refractivity contribution is -0.153. The fraction of sp³-hybridized carbons (Fsp3) is 0.741. The first kappa shape index (κ1) is 30.4. The summed E-state index contributed by atoms with van der Waals surface area (Å²) in [5, 5.41) is 0.224. The molecule has 0 spiro atoms. The molecule has 0 aromatic carbocycles. The quantitative estimate of drug-likeness (QED) is 0.199. The molecule has 0 fully saturated rings. The number of nitrogens with zero attached hydrogens (tertiary/aromatic N) is 3. The van der Waals surface area contributed by atoms with Gasteiger partial charge in [0.1, 0.15) is 27.3 Å². The highest BCUT2D eigenvalue weighted by Crippen LogP contribution is 2.48. The van der Waals surface area contributed by atoms with Crippen molar-refractivity contribution in [2.75, 3.05) is 6.54 Å². The van der Waals surface area contributed by atoms with Crippen molar-refractivity contribution >= 4 is 50.6 Å². The average molecular weight is 617 g/mol. The third-order valence-corrected chi connectivity index (χ3v) is 18.2. The number of fused-ring (bicyclic) bond motifs is 1. The summed E-state index contributed by atoms with van der Waals surface area (Å²) in [4.78, 5) is 22.7. The zero-order chi connectivity index (χ0) is 28.0. The minimum absolute atomic E-state index is 0.126. The Hall–Kier alpha value is -1.13. The number of hydrogen-bond acceptors (Lipinski definition) is 6. The van der Waals surface area contributed by atoms with E-state index in [4.69, 9.17) is 14.1 Å². The summed E-state index contributed by atoms with van der Waals surface area (Å²) in [6.45, 7) is 17.8. The van der Waals surface area contributed by atoms with Gasteiger partial charge in [0.2, 0.25) is 0 Å². The van der Waals surface area contributed by atoms with E-state index in [1.165, 1.54) is 0 Å². The molecule has 0 N–H and O–H groups in total. The molecule has 2 aliphatic heterocycles. The van der Waals surface area contributed by atoms with E-state index in [9.17, 15) is 9.00 Å². The van der Waals surface area contributed by atoms with Gasteiger partial charge in [-0.2, -0.15) is 0 Å². The molecular weight excluding hydrogens is 573 g/mol. The van der Waals surface area contributed by atoms with Gasteiger partial charge in [0.25, 0.3) is 0 Å². The van der Waals surface area contributed by atoms with Gasteiger partial charge in [-0.1, -0.05) is 38.9 Å². The van der Waals surface area contributed by atoms with Gasteiger partial charge in [-0.25, -0.2) is 17.9 Å². The second-order valence-electron chi connectivity index (χ2n) is 12.0. The Morgan fingerprint density at radius 1 is 1.22 bits per heavy atom. The number of halogens is 2. The molecule has 1 aromatic rings. The third kappa shape index (κ3) is 5.23. The van der Waals surface area contributed by atoms with Crippen molar-refractivity contribution in [1.82, 2.24) is 4.98 Å². The van der Waals surface area contributed by atoms with Gasteiger partial charge < -0.3 is 4.74 Å². The summed E-state index contributed by atoms with van der Waals surface area (Å²) >= 11 is 3.56. The predicted molar refractivity (Wildman–Crippen MR) is 157 cm³/mol. The van der Waals surface area contributed by atoms with Crippen LogP contribution in [0.25, 0.3) is 0 Å². The van der Waals surface area contributed by atoms with Crippen LogP contribution >= 0.6 is 15.9 Å². The lowest BCUT2D eigenvalue weighted by Gasteiger charge is -2.49. The molecule has 6 nitrogen and oxygen atoms in total. The number of esters is 1. The fourth-order valence-corrected chi connectivity index (χ4v) is 13.6. The van der Waals surface area contributed by atoms with Crippen LogP contribution in [0.1, 0.15) is 87.3 Å². The molecule has 0 aliphatic carbocycles. The molecule has 1 aromatic heterocycles. The van der Waals surface area contributed by atoms with E-state index in [0.717, 1.165) is 29.7 Å². The SMILES string of the molecule is CC[Si](CC)(CC)c1cc(Br)nc([C@@]2(C)N=C(CC(=O)OC(C)(C)C)C(C)(C)[S@@]3(=O)=NCCC[C@H]23)c1F. The van der Waals surface area contributed by atoms with Crippen LogP contribution in [0, 0.1) is 5.82 Å². The number of aromatic nitrogens is 1. The number of ether oxygens (including phenoxy) is 1. The maximum atomic E-state index is 16.7. The summed E-state index contributed by atoms with van der Waals surface area (Å²) in [5.74, 6) is -0.785. The van der Waals surface area contributed by atoms with Crippen LogP contribution in [-0.2, 0) is 24.8 Å². The van der Waals surface area contributed by atoms with Crippen LogP contribution in [0.5, 0.6) is 0 Å². The van der Waals surface area contributed by atoms with E-state index >= 15 is 4.39 Å². The highest BCUT2D eigenvalue weighted by molar-refractivity contribution is 9.10. The lowest BCUT2D eigenvalue weighted by atomic mass is 9.88. The Morgan fingerprint density at radius 2 is 1.81 bits per heavy atom. The molecule has 0 radical (unpaired) electrons. The first-order valence-electron chi connectivity index (χ1n) is 13.4. The monoisotopic (exact) mass is 615 g/mol. The van der Waals surface area contributed by atoms with Crippen molar-refractivity contribution in [3.05, 3.63) is 22.2 Å². The second kappa shape index (κ2) is 10.4. The van der Waals surface area contributed by atoms with Crippen molar-refractivity contribution in [1.29, 1.82) is 0 Å². The number of hydrogen-bond donors (Lipinski definition) is 0. The maximum Gasteiger partial charge on any atom is 0.312 e. The standard InChI is InChI=1S/C27H43BrFN3O3SSi/c1-10-37(11-2,12-3)18-16-21(28)31-24(23(18)29)27(9)20-14-13-15-30-36(20,34)26(7,8)19(32-27)17-22(33)35-25(4,5)6/h16,20H,10-15,17H2,1-9H3/t20-,27+,36-/m1/s1. The van der Waals surface area contributed by atoms with E-state index in [2.05, 4.69) is 41.7 Å². The fourth-order valence-electron chi connectivity index (χ4n) is 6.00. The van der Waals surface area contributed by atoms with E-state index in [0.29, 0.717) is 23.3 Å². The first-order chi connectivity index (χ1) is 17.0. The molecular formula is C27H43BrFN3O3SSi. The molecule has 0 saturated heterocycles. The number of carbonyl (C=O) groups excluding carboxylic acids is 1. The van der Waals surface area contributed by atoms with Crippen LogP contribution in [-0.4, -0.2) is 51.1 Å². The maximum absolute atomic E-state index is 16.7. The van der Waals surface area contributed by atoms with Crippen LogP contribution < -0.4 is 5.19 Å². The minimum atomic E-state index is -2.92. The summed E-state index contributed by atoms with van der Waals surface area (Å²) in [6.07, 6.45) is 1.23. The Labute approximate surface area is 232 Å². The largest absolute Gasteiger partial charge is 0.460 e. The van der Waals surface area contributed by atoms with Gasteiger partial charge >= 0.3 is 5.97 Å². The summed E-state index contributed by atoms with van der Waals surface area (Å²) in [6, 6.07) is 4.59. The molecule has 3 atom stereocenters. The molecule has 0 amide bonds. The number of pyridine rings is 1. The van der Waals surface area contributed by atoms with Gasteiger partial charge in [0.15, 0.2) is 0 Å². The van der Waals surface area contributed by atoms with Gasteiger partial charge in [-0.15, -0.1) is 0 Å². The van der Waals surface area contributed by atoms with Crippen molar-refractivity contribution in [3.63, 3.8) is 0 Å². The molecule has 2 aliphatic rings. The Kier molecular flexibility index (Phi) is 8.59. The molecule has 208 valence electrons. The molecule has 0 bridgehead atoms. The lowest BCUT2D eigenvalue weighted by Crippen LogP contribution is -2.59. The molecule has 0 unspecified atom stereocenters. The van der Waals surface area contributed by atoms with Crippen LogP contribution in [0.3, 0.4) is 0 Å². The van der Waals surface area contributed by atoms with E-state index in [1.54, 1.807) is 0 Å². The molecule has 37 heavy (non-hydrogen) atoms. The second-order valence-corrected chi connectivity index (χ2v) is 21.0. The van der Waals surface area contributed by atoms with Crippen molar-refractivity contribution < 1.29 is 18.1 Å². The van der Waals surface area contributed by atoms with E-state index in [-0.39, 0.29) is 17.9 Å². The topological polar surface area (TPSA) is 81.0 Å². The number of aliphatic imine (C=N–C) groups is 1. The first-order valence-corrected chi connectivity index (χ1v) is 18.4. The van der Waals surface area contributed by atoms with Crippen molar-refractivity contribution in [2.24, 2.45) is 9.36 Å². The number of carbonyl (C=O) groups is 1. The van der Waals surface area contributed by atoms with Crippen LogP contribution in [0.4, 0.5) is 4.39 Å². The van der Waals surface area contributed by atoms with Crippen LogP contribution in [0.2, 0.25) is 18.1 Å². The van der Waals surface area contributed by atoms with E-state index < -0.39 is 44.9 Å². The Bertz CT molecular complexity index is 1210. The highest BCUT2D eigenvalue weighted by Gasteiger charge is 2.57. The summed E-state index contributed by atoms with van der Waals surface area (Å²) < 4.78 is 41.4. The van der Waals surface area contributed by atoms with E-state index in [1.807, 2.05) is 47.6 Å². The molecule has 0 saturated carbocycles. The minimum Gasteiger partial charge on any atom is -0.460 e. The Morgan fingerprint density at radius 3 is 2.35 bits per heavy atom. The van der Waals surface area contributed by atoms with Crippen LogP contribution in [0.15, 0.2) is 20.0 Å². The number of rotatable bonds is 7. The molecule has 3 rings (SSSR count). The highest BCUT2D eigenvalue weighted by atomic mass is 79.9. The summed E-state index contributed by atoms with van der Waals surface area (Å²) in [5.41, 5.74) is -1.26. The predicted octanol–water partition coefficient (Wildman–Crippen LogP) is 6.51. The Balaban J connectivity index is 2.33. The van der Waals surface area contributed by atoms with Crippen molar-refractivity contribution in [3.8, 4) is 0 Å². The van der Waals surface area contributed by atoms with Gasteiger partial charge in [0.05, 0.1) is 34.2 Å². The van der Waals surface area contributed by atoms with Gasteiger partial charge in [-0.05, 0) is 81.6 Å². The zero-order valence-corrected chi connectivity index (χ0v) is 27.2.